The van der Waals surface area contributed by atoms with Crippen LogP contribution in [0.3, 0.4) is 0 Å². The van der Waals surface area contributed by atoms with Crippen molar-refractivity contribution in [2.45, 2.75) is 13.3 Å². The summed E-state index contributed by atoms with van der Waals surface area (Å²) in [6.07, 6.45) is 2.75. The number of nitrogens with one attached hydrogen (secondary N) is 1. The molecule has 0 aliphatic carbocycles. The molecule has 0 aliphatic rings. The Balaban J connectivity index is 1.61. The van der Waals surface area contributed by atoms with E-state index in [0.29, 0.717) is 23.8 Å². The van der Waals surface area contributed by atoms with Gasteiger partial charge in [-0.2, -0.15) is 5.10 Å². The number of nitrogens with zero attached hydrogens (tertiary/aromatic N) is 3. The highest BCUT2D eigenvalue weighted by atomic mass is 32.1. The molecular formula is C30H30N4O3S. The maximum atomic E-state index is 5.61. The highest BCUT2D eigenvalue weighted by Crippen LogP contribution is 2.41. The second-order valence-corrected chi connectivity index (χ2v) is 9.54. The standard InChI is InChI=1S/C30H30N4O3S/c1-20-24(23-12-8-9-13-25(23)33-20)18-32-34-26(22-16-27(35-2)29(37-4)28(17-22)36-3)19-38-30(34)31-15-14-21-10-6-5-7-11-21/h5-13,16-19,33H,14-15H2,1-4H3. The van der Waals surface area contributed by atoms with E-state index in [0.717, 1.165) is 44.6 Å². The van der Waals surface area contributed by atoms with Crippen molar-refractivity contribution in [2.75, 3.05) is 27.9 Å². The third-order valence-electron chi connectivity index (χ3n) is 6.38. The summed E-state index contributed by atoms with van der Waals surface area (Å²) >= 11 is 1.55. The number of benzene rings is 3. The van der Waals surface area contributed by atoms with E-state index in [1.807, 2.05) is 41.2 Å². The average molecular weight is 527 g/mol. The fourth-order valence-corrected chi connectivity index (χ4v) is 5.32. The molecule has 0 spiro atoms. The summed E-state index contributed by atoms with van der Waals surface area (Å²) in [5.41, 5.74) is 6.20. The molecule has 0 saturated heterocycles. The van der Waals surface area contributed by atoms with Crippen LogP contribution in [0.2, 0.25) is 0 Å². The van der Waals surface area contributed by atoms with Crippen LogP contribution in [0.1, 0.15) is 16.8 Å². The number of rotatable bonds is 9. The van der Waals surface area contributed by atoms with Gasteiger partial charge in [0.05, 0.1) is 33.2 Å². The van der Waals surface area contributed by atoms with Crippen LogP contribution in [0, 0.1) is 6.92 Å². The first-order valence-corrected chi connectivity index (χ1v) is 13.2. The van der Waals surface area contributed by atoms with E-state index in [2.05, 4.69) is 53.7 Å². The summed E-state index contributed by atoms with van der Waals surface area (Å²) in [6, 6.07) is 22.5. The van der Waals surface area contributed by atoms with Crippen molar-refractivity contribution in [3.63, 3.8) is 0 Å². The van der Waals surface area contributed by atoms with E-state index in [4.69, 9.17) is 24.3 Å². The molecule has 7 nitrogen and oxygen atoms in total. The van der Waals surface area contributed by atoms with E-state index in [1.165, 1.54) is 5.56 Å². The monoisotopic (exact) mass is 526 g/mol. The van der Waals surface area contributed by atoms with Crippen molar-refractivity contribution >= 4 is 28.5 Å². The van der Waals surface area contributed by atoms with Crippen LogP contribution in [0.25, 0.3) is 22.2 Å². The Hall–Kier alpha value is -4.30. The molecular weight excluding hydrogens is 496 g/mol. The topological polar surface area (TPSA) is 73.1 Å². The smallest absolute Gasteiger partial charge is 0.206 e. The van der Waals surface area contributed by atoms with Crippen molar-refractivity contribution < 1.29 is 14.2 Å². The minimum atomic E-state index is 0.547. The van der Waals surface area contributed by atoms with Crippen LogP contribution < -0.4 is 19.0 Å². The molecule has 194 valence electrons. The van der Waals surface area contributed by atoms with E-state index >= 15 is 0 Å². The van der Waals surface area contributed by atoms with Gasteiger partial charge in [0, 0.05) is 39.6 Å². The van der Waals surface area contributed by atoms with Gasteiger partial charge in [0.2, 0.25) is 10.6 Å². The van der Waals surface area contributed by atoms with Gasteiger partial charge in [0.1, 0.15) is 0 Å². The van der Waals surface area contributed by atoms with Crippen molar-refractivity contribution in [3.05, 3.63) is 93.7 Å². The third kappa shape index (κ3) is 5.08. The molecule has 0 fully saturated rings. The molecule has 2 heterocycles. The second-order valence-electron chi connectivity index (χ2n) is 8.70. The Kier molecular flexibility index (Phi) is 7.60. The number of hydrogen-bond donors (Lipinski definition) is 1. The number of hydrogen-bond acceptors (Lipinski definition) is 6. The van der Waals surface area contributed by atoms with E-state index < -0.39 is 0 Å². The molecule has 5 aromatic rings. The molecule has 3 aromatic carbocycles. The zero-order valence-electron chi connectivity index (χ0n) is 21.9. The normalized spacial score (nSPS) is 11.9. The second kappa shape index (κ2) is 11.4. The number of aryl methyl sites for hydroxylation is 1. The Labute approximate surface area is 225 Å². The van der Waals surface area contributed by atoms with Crippen LogP contribution >= 0.6 is 11.3 Å². The van der Waals surface area contributed by atoms with Gasteiger partial charge in [-0.3, -0.25) is 4.99 Å². The van der Waals surface area contributed by atoms with Crippen molar-refractivity contribution in [3.8, 4) is 28.5 Å². The predicted molar refractivity (Wildman–Crippen MR) is 154 cm³/mol. The van der Waals surface area contributed by atoms with Gasteiger partial charge in [-0.1, -0.05) is 48.5 Å². The highest BCUT2D eigenvalue weighted by molar-refractivity contribution is 7.07. The predicted octanol–water partition coefficient (Wildman–Crippen LogP) is 6.06. The lowest BCUT2D eigenvalue weighted by atomic mass is 10.1. The summed E-state index contributed by atoms with van der Waals surface area (Å²) in [6.45, 7) is 2.71. The Morgan fingerprint density at radius 3 is 2.34 bits per heavy atom. The molecule has 38 heavy (non-hydrogen) atoms. The van der Waals surface area contributed by atoms with Gasteiger partial charge in [-0.15, -0.1) is 11.3 Å². The number of fused-ring (bicyclic) bond motifs is 1. The average Bonchev–Trinajstić information content (AvgIpc) is 3.50. The molecule has 2 aromatic heterocycles. The van der Waals surface area contributed by atoms with Crippen LogP contribution in [0.15, 0.2) is 82.2 Å². The lowest BCUT2D eigenvalue weighted by Gasteiger charge is -2.14. The molecule has 0 unspecified atom stereocenters. The van der Waals surface area contributed by atoms with E-state index in [-0.39, 0.29) is 0 Å². The van der Waals surface area contributed by atoms with Crippen molar-refractivity contribution in [2.24, 2.45) is 10.1 Å². The van der Waals surface area contributed by atoms with Gasteiger partial charge in [-0.25, -0.2) is 4.68 Å². The maximum Gasteiger partial charge on any atom is 0.206 e. The number of para-hydroxylation sites is 1. The summed E-state index contributed by atoms with van der Waals surface area (Å²) in [7, 11) is 4.83. The zero-order chi connectivity index (χ0) is 26.5. The highest BCUT2D eigenvalue weighted by Gasteiger charge is 2.17. The number of methoxy groups -OCH3 is 3. The van der Waals surface area contributed by atoms with E-state index in [9.17, 15) is 0 Å². The lowest BCUT2D eigenvalue weighted by molar-refractivity contribution is 0.324. The lowest BCUT2D eigenvalue weighted by Crippen LogP contribution is -2.13. The molecule has 0 atom stereocenters. The first-order valence-electron chi connectivity index (χ1n) is 12.3. The number of ether oxygens (including phenoxy) is 3. The number of H-pyrrole nitrogens is 1. The summed E-state index contributed by atoms with van der Waals surface area (Å²) in [5, 5.41) is 8.13. The first-order chi connectivity index (χ1) is 18.6. The number of aromatic nitrogens is 2. The van der Waals surface area contributed by atoms with E-state index in [1.54, 1.807) is 32.7 Å². The molecule has 0 aliphatic heterocycles. The third-order valence-corrected chi connectivity index (χ3v) is 7.24. The summed E-state index contributed by atoms with van der Waals surface area (Å²) in [5.74, 6) is 1.71. The molecule has 5 rings (SSSR count). The molecule has 0 amide bonds. The minimum absolute atomic E-state index is 0.547. The SMILES string of the molecule is COc1cc(-c2csc(=NCCc3ccccc3)n2N=Cc2c(C)[nH]c3ccccc23)cc(OC)c1OC. The quantitative estimate of drug-likeness (QED) is 0.237. The van der Waals surface area contributed by atoms with Crippen LogP contribution in [0.4, 0.5) is 0 Å². The largest absolute Gasteiger partial charge is 0.493 e. The molecule has 0 bridgehead atoms. The Morgan fingerprint density at radius 1 is 0.921 bits per heavy atom. The summed E-state index contributed by atoms with van der Waals surface area (Å²) in [4.78, 5) is 9.17. The fourth-order valence-electron chi connectivity index (χ4n) is 4.45. The molecule has 0 saturated carbocycles. The van der Waals surface area contributed by atoms with Crippen LogP contribution in [-0.2, 0) is 6.42 Å². The van der Waals surface area contributed by atoms with Crippen molar-refractivity contribution in [1.29, 1.82) is 0 Å². The summed E-state index contributed by atoms with van der Waals surface area (Å²) < 4.78 is 18.6. The minimum Gasteiger partial charge on any atom is -0.493 e. The van der Waals surface area contributed by atoms with Gasteiger partial charge in [-0.05, 0) is 37.1 Å². The molecule has 1 N–H and O–H groups in total. The van der Waals surface area contributed by atoms with Gasteiger partial charge < -0.3 is 19.2 Å². The van der Waals surface area contributed by atoms with Gasteiger partial charge in [0.25, 0.3) is 0 Å². The zero-order valence-corrected chi connectivity index (χ0v) is 22.7. The van der Waals surface area contributed by atoms with Crippen molar-refractivity contribution in [1.82, 2.24) is 9.66 Å². The molecule has 8 heteroatoms. The maximum absolute atomic E-state index is 5.61. The Morgan fingerprint density at radius 2 is 1.63 bits per heavy atom. The first kappa shape index (κ1) is 25.4. The molecule has 0 radical (unpaired) electrons. The van der Waals surface area contributed by atoms with Gasteiger partial charge in [0.15, 0.2) is 11.5 Å². The number of aromatic amines is 1. The van der Waals surface area contributed by atoms with Crippen LogP contribution in [0.5, 0.6) is 17.2 Å². The van der Waals surface area contributed by atoms with Crippen LogP contribution in [-0.4, -0.2) is 43.7 Å². The number of thiazole rings is 1. The van der Waals surface area contributed by atoms with Gasteiger partial charge >= 0.3 is 0 Å². The Bertz CT molecular complexity index is 1620. The fraction of sp³-hybridized carbons (Fsp3) is 0.200.